The number of carbonyl (C=O) groups excluding carboxylic acids is 3. The molecule has 7 nitrogen and oxygen atoms in total. The Bertz CT molecular complexity index is 1380. The van der Waals surface area contributed by atoms with Gasteiger partial charge in [-0.15, -0.1) is 0 Å². The number of thioether (sulfide) groups is 1. The van der Waals surface area contributed by atoms with Crippen LogP contribution in [-0.2, 0) is 16.2 Å². The van der Waals surface area contributed by atoms with Gasteiger partial charge in [0.1, 0.15) is 18.9 Å². The highest BCUT2D eigenvalue weighted by Crippen LogP contribution is 2.38. The minimum absolute atomic E-state index is 0.194. The molecular formula is C27H21BrClIN2O5S. The maximum atomic E-state index is 12.9. The molecule has 196 valence electrons. The van der Waals surface area contributed by atoms with Crippen molar-refractivity contribution in [2.24, 2.45) is 0 Å². The zero-order valence-electron chi connectivity index (χ0n) is 20.0. The van der Waals surface area contributed by atoms with Gasteiger partial charge < -0.3 is 14.8 Å². The topological polar surface area (TPSA) is 84.9 Å². The predicted octanol–water partition coefficient (Wildman–Crippen LogP) is 7.36. The van der Waals surface area contributed by atoms with Crippen LogP contribution < -0.4 is 14.8 Å². The van der Waals surface area contributed by atoms with Gasteiger partial charge in [0.25, 0.3) is 11.1 Å². The first-order chi connectivity index (χ1) is 18.2. The average molecular weight is 728 g/mol. The zero-order chi connectivity index (χ0) is 27.2. The molecule has 0 spiro atoms. The van der Waals surface area contributed by atoms with Crippen molar-refractivity contribution in [2.75, 3.05) is 18.5 Å². The van der Waals surface area contributed by atoms with Gasteiger partial charge in [0.2, 0.25) is 5.91 Å². The SMILES string of the molecule is CCOc1ccc(NC(=O)CN2C(=O)S/C(=C/c3cc(Cl)c(OCc4ccc(I)cc4)c(Br)c3)C2=O)cc1. The summed E-state index contributed by atoms with van der Waals surface area (Å²) < 4.78 is 13.0. The zero-order valence-corrected chi connectivity index (χ0v) is 25.3. The van der Waals surface area contributed by atoms with Gasteiger partial charge in [0, 0.05) is 9.26 Å². The van der Waals surface area contributed by atoms with Crippen LogP contribution in [0.25, 0.3) is 6.08 Å². The molecule has 38 heavy (non-hydrogen) atoms. The Morgan fingerprint density at radius 3 is 2.47 bits per heavy atom. The summed E-state index contributed by atoms with van der Waals surface area (Å²) in [6.07, 6.45) is 1.56. The van der Waals surface area contributed by atoms with Crippen LogP contribution in [0.4, 0.5) is 10.5 Å². The van der Waals surface area contributed by atoms with E-state index in [1.807, 2.05) is 31.2 Å². The first kappa shape index (κ1) is 28.5. The number of nitrogens with one attached hydrogen (secondary N) is 1. The van der Waals surface area contributed by atoms with E-state index >= 15 is 0 Å². The molecule has 11 heteroatoms. The van der Waals surface area contributed by atoms with Gasteiger partial charge >= 0.3 is 0 Å². The lowest BCUT2D eigenvalue weighted by Gasteiger charge is -2.13. The molecule has 0 aliphatic carbocycles. The van der Waals surface area contributed by atoms with E-state index in [1.165, 1.54) is 0 Å². The first-order valence-corrected chi connectivity index (χ1v) is 14.4. The lowest BCUT2D eigenvalue weighted by atomic mass is 10.2. The van der Waals surface area contributed by atoms with Gasteiger partial charge in [-0.3, -0.25) is 19.3 Å². The smallest absolute Gasteiger partial charge is 0.294 e. The van der Waals surface area contributed by atoms with E-state index in [-0.39, 0.29) is 4.91 Å². The third-order valence-corrected chi connectivity index (χ3v) is 7.74. The number of anilines is 1. The summed E-state index contributed by atoms with van der Waals surface area (Å²) in [4.78, 5) is 39.0. The number of imide groups is 1. The van der Waals surface area contributed by atoms with Crippen molar-refractivity contribution in [1.82, 2.24) is 4.90 Å². The van der Waals surface area contributed by atoms with Gasteiger partial charge in [-0.25, -0.2) is 0 Å². The van der Waals surface area contributed by atoms with Crippen LogP contribution in [0.1, 0.15) is 18.1 Å². The molecule has 1 aliphatic heterocycles. The Labute approximate surface area is 251 Å². The Morgan fingerprint density at radius 1 is 1.11 bits per heavy atom. The monoisotopic (exact) mass is 726 g/mol. The molecule has 1 heterocycles. The number of rotatable bonds is 9. The average Bonchev–Trinajstić information content (AvgIpc) is 3.13. The summed E-state index contributed by atoms with van der Waals surface area (Å²) in [6.45, 7) is 2.36. The Kier molecular flexibility index (Phi) is 9.74. The summed E-state index contributed by atoms with van der Waals surface area (Å²) >= 11 is 12.9. The van der Waals surface area contributed by atoms with Crippen LogP contribution in [-0.4, -0.2) is 35.1 Å². The van der Waals surface area contributed by atoms with E-state index in [2.05, 4.69) is 43.8 Å². The number of hydrogen-bond acceptors (Lipinski definition) is 6. The number of amides is 3. The Balaban J connectivity index is 1.40. The number of carbonyl (C=O) groups is 3. The lowest BCUT2D eigenvalue weighted by Crippen LogP contribution is -2.36. The fraction of sp³-hybridized carbons (Fsp3) is 0.148. The van der Waals surface area contributed by atoms with Crippen molar-refractivity contribution >= 4 is 90.7 Å². The maximum absolute atomic E-state index is 12.9. The van der Waals surface area contributed by atoms with Crippen LogP contribution in [0.15, 0.2) is 70.0 Å². The summed E-state index contributed by atoms with van der Waals surface area (Å²) in [7, 11) is 0. The molecule has 0 unspecified atom stereocenters. The second-order valence-electron chi connectivity index (χ2n) is 8.00. The Hall–Kier alpha value is -2.54. The quantitative estimate of drug-likeness (QED) is 0.183. The first-order valence-electron chi connectivity index (χ1n) is 11.4. The molecule has 0 saturated carbocycles. The second-order valence-corrected chi connectivity index (χ2v) is 11.5. The van der Waals surface area contributed by atoms with E-state index < -0.39 is 23.6 Å². The lowest BCUT2D eigenvalue weighted by molar-refractivity contribution is -0.127. The third-order valence-electron chi connectivity index (χ3n) is 5.24. The van der Waals surface area contributed by atoms with E-state index in [0.29, 0.717) is 45.5 Å². The minimum atomic E-state index is -0.548. The van der Waals surface area contributed by atoms with Gasteiger partial charge in [-0.1, -0.05) is 23.7 Å². The van der Waals surface area contributed by atoms with E-state index in [1.54, 1.807) is 42.5 Å². The van der Waals surface area contributed by atoms with Crippen molar-refractivity contribution in [3.63, 3.8) is 0 Å². The molecule has 0 aromatic heterocycles. The molecule has 0 atom stereocenters. The van der Waals surface area contributed by atoms with Crippen molar-refractivity contribution in [2.45, 2.75) is 13.5 Å². The third kappa shape index (κ3) is 7.31. The van der Waals surface area contributed by atoms with Crippen molar-refractivity contribution in [1.29, 1.82) is 0 Å². The number of benzene rings is 3. The summed E-state index contributed by atoms with van der Waals surface area (Å²) in [6, 6.07) is 18.2. The molecule has 0 bridgehead atoms. The summed E-state index contributed by atoms with van der Waals surface area (Å²) in [5, 5.41) is 2.51. The molecule has 3 aromatic carbocycles. The van der Waals surface area contributed by atoms with E-state index in [4.69, 9.17) is 21.1 Å². The molecule has 3 aromatic rings. The molecular weight excluding hydrogens is 707 g/mol. The molecule has 1 saturated heterocycles. The van der Waals surface area contributed by atoms with Gasteiger partial charge in [-0.05, 0) is 123 Å². The normalized spacial score (nSPS) is 14.2. The van der Waals surface area contributed by atoms with Crippen molar-refractivity contribution < 1.29 is 23.9 Å². The molecule has 1 N–H and O–H groups in total. The highest BCUT2D eigenvalue weighted by molar-refractivity contribution is 14.1. The fourth-order valence-corrected chi connectivity index (χ4v) is 5.66. The van der Waals surface area contributed by atoms with Crippen LogP contribution >= 0.6 is 61.9 Å². The molecule has 1 fully saturated rings. The van der Waals surface area contributed by atoms with Crippen LogP contribution in [0.3, 0.4) is 0 Å². The van der Waals surface area contributed by atoms with E-state index in [9.17, 15) is 14.4 Å². The van der Waals surface area contributed by atoms with Crippen LogP contribution in [0.2, 0.25) is 5.02 Å². The van der Waals surface area contributed by atoms with Crippen LogP contribution in [0.5, 0.6) is 11.5 Å². The molecule has 3 amide bonds. The molecule has 0 radical (unpaired) electrons. The number of hydrogen-bond donors (Lipinski definition) is 1. The van der Waals surface area contributed by atoms with E-state index in [0.717, 1.165) is 25.8 Å². The van der Waals surface area contributed by atoms with Crippen molar-refractivity contribution in [3.05, 3.63) is 89.8 Å². The number of halogens is 3. The number of ether oxygens (including phenoxy) is 2. The number of nitrogens with zero attached hydrogens (tertiary/aromatic N) is 1. The largest absolute Gasteiger partial charge is 0.494 e. The summed E-state index contributed by atoms with van der Waals surface area (Å²) in [5.74, 6) is 0.117. The van der Waals surface area contributed by atoms with Crippen LogP contribution in [0, 0.1) is 3.57 Å². The maximum Gasteiger partial charge on any atom is 0.294 e. The predicted molar refractivity (Wildman–Crippen MR) is 162 cm³/mol. The van der Waals surface area contributed by atoms with Gasteiger partial charge in [0.05, 0.1) is 21.0 Å². The highest BCUT2D eigenvalue weighted by atomic mass is 127. The van der Waals surface area contributed by atoms with Crippen molar-refractivity contribution in [3.8, 4) is 11.5 Å². The van der Waals surface area contributed by atoms with Gasteiger partial charge in [0.15, 0.2) is 5.75 Å². The van der Waals surface area contributed by atoms with Gasteiger partial charge in [-0.2, -0.15) is 0 Å². The minimum Gasteiger partial charge on any atom is -0.494 e. The summed E-state index contributed by atoms with van der Waals surface area (Å²) in [5.41, 5.74) is 2.13. The highest BCUT2D eigenvalue weighted by Gasteiger charge is 2.36. The molecule has 4 rings (SSSR count). The fourth-order valence-electron chi connectivity index (χ4n) is 3.47. The second kappa shape index (κ2) is 13.0. The Morgan fingerprint density at radius 2 is 1.82 bits per heavy atom. The standard InChI is InChI=1S/C27H21BrClIN2O5S/c1-2-36-20-9-7-19(8-10-20)31-24(33)14-32-26(34)23(38-27(32)35)13-17-11-21(28)25(22(29)12-17)37-15-16-3-5-18(30)6-4-16/h3-13H,2,14-15H2,1H3,(H,31,33)/b23-13+. The molecule has 1 aliphatic rings.